The van der Waals surface area contributed by atoms with Gasteiger partial charge in [0.05, 0.1) is 12.0 Å². The van der Waals surface area contributed by atoms with E-state index < -0.39 is 17.9 Å². The molecule has 2 aliphatic rings. The molecule has 24 heavy (non-hydrogen) atoms. The van der Waals surface area contributed by atoms with Crippen molar-refractivity contribution < 1.29 is 19.4 Å². The van der Waals surface area contributed by atoms with Gasteiger partial charge in [-0.1, -0.05) is 24.3 Å². The maximum Gasteiger partial charge on any atom is 0.308 e. The molecule has 0 aromatic heterocycles. The zero-order chi connectivity index (χ0) is 16.8. The van der Waals surface area contributed by atoms with E-state index in [1.165, 1.54) is 0 Å². The summed E-state index contributed by atoms with van der Waals surface area (Å²) in [4.78, 5) is 26.2. The van der Waals surface area contributed by atoms with Crippen LogP contribution in [0.3, 0.4) is 0 Å². The molecule has 1 fully saturated rings. The van der Waals surface area contributed by atoms with Crippen molar-refractivity contribution >= 4 is 33.5 Å². The SMILES string of the molecule is O=C(O)[C@H]1CCC(=O)N2c3c(Br)cccc3Oc3ccccc3[C@@H]12. The number of piperidine rings is 1. The molecule has 2 heterocycles. The molecule has 5 nitrogen and oxygen atoms in total. The number of para-hydroxylation sites is 2. The van der Waals surface area contributed by atoms with Crippen LogP contribution in [-0.2, 0) is 9.59 Å². The molecule has 1 saturated heterocycles. The van der Waals surface area contributed by atoms with E-state index in [-0.39, 0.29) is 12.3 Å². The van der Waals surface area contributed by atoms with Crippen molar-refractivity contribution in [1.82, 2.24) is 0 Å². The Kier molecular flexibility index (Phi) is 3.57. The fourth-order valence-corrected chi connectivity index (χ4v) is 4.06. The molecule has 2 aromatic rings. The summed E-state index contributed by atoms with van der Waals surface area (Å²) < 4.78 is 6.74. The zero-order valence-corrected chi connectivity index (χ0v) is 14.2. The van der Waals surface area contributed by atoms with E-state index >= 15 is 0 Å². The molecule has 1 amide bonds. The predicted molar refractivity (Wildman–Crippen MR) is 91.2 cm³/mol. The lowest BCUT2D eigenvalue weighted by Crippen LogP contribution is -2.45. The van der Waals surface area contributed by atoms with Crippen molar-refractivity contribution in [3.05, 3.63) is 52.5 Å². The van der Waals surface area contributed by atoms with Gasteiger partial charge in [-0.2, -0.15) is 0 Å². The second-order valence-corrected chi connectivity index (χ2v) is 6.77. The summed E-state index contributed by atoms with van der Waals surface area (Å²) in [5.41, 5.74) is 1.32. The first-order chi connectivity index (χ1) is 11.6. The van der Waals surface area contributed by atoms with Crippen LogP contribution in [0.2, 0.25) is 0 Å². The summed E-state index contributed by atoms with van der Waals surface area (Å²) in [6, 6.07) is 12.2. The van der Waals surface area contributed by atoms with Gasteiger partial charge in [-0.25, -0.2) is 0 Å². The number of carbonyl (C=O) groups is 2. The van der Waals surface area contributed by atoms with Crippen molar-refractivity contribution in [1.29, 1.82) is 0 Å². The quantitative estimate of drug-likeness (QED) is 0.798. The zero-order valence-electron chi connectivity index (χ0n) is 12.6. The molecule has 2 aromatic carbocycles. The number of carboxylic acid groups (broad SMARTS) is 1. The lowest BCUT2D eigenvalue weighted by Gasteiger charge is -2.39. The minimum Gasteiger partial charge on any atom is -0.481 e. The molecule has 0 saturated carbocycles. The van der Waals surface area contributed by atoms with Gasteiger partial charge >= 0.3 is 5.97 Å². The number of benzene rings is 2. The normalized spacial score (nSPS) is 21.9. The summed E-state index contributed by atoms with van der Waals surface area (Å²) in [7, 11) is 0. The first-order valence-corrected chi connectivity index (χ1v) is 8.47. The highest BCUT2D eigenvalue weighted by Gasteiger charge is 2.45. The van der Waals surface area contributed by atoms with Gasteiger partial charge in [0.2, 0.25) is 5.91 Å². The Morgan fingerprint density at radius 3 is 2.71 bits per heavy atom. The van der Waals surface area contributed by atoms with Gasteiger partial charge in [0, 0.05) is 16.5 Å². The Bertz CT molecular complexity index is 851. The summed E-state index contributed by atoms with van der Waals surface area (Å²) in [5.74, 6) is -0.539. The molecule has 4 rings (SSSR count). The van der Waals surface area contributed by atoms with Crippen molar-refractivity contribution in [2.75, 3.05) is 4.90 Å². The summed E-state index contributed by atoms with van der Waals surface area (Å²) in [6.45, 7) is 0. The van der Waals surface area contributed by atoms with Gasteiger partial charge < -0.3 is 9.84 Å². The van der Waals surface area contributed by atoms with Crippen molar-refractivity contribution in [2.45, 2.75) is 18.9 Å². The van der Waals surface area contributed by atoms with Crippen LogP contribution >= 0.6 is 15.9 Å². The molecular weight excluding hydrogens is 374 g/mol. The monoisotopic (exact) mass is 387 g/mol. The predicted octanol–water partition coefficient (Wildman–Crippen LogP) is 4.12. The third kappa shape index (κ3) is 2.21. The first kappa shape index (κ1) is 15.2. The molecule has 0 radical (unpaired) electrons. The number of hydrogen-bond acceptors (Lipinski definition) is 3. The largest absolute Gasteiger partial charge is 0.481 e. The summed E-state index contributed by atoms with van der Waals surface area (Å²) in [5, 5.41) is 9.71. The molecule has 0 unspecified atom stereocenters. The average molecular weight is 388 g/mol. The van der Waals surface area contributed by atoms with Crippen LogP contribution in [0, 0.1) is 5.92 Å². The lowest BCUT2D eigenvalue weighted by molar-refractivity contribution is -0.144. The van der Waals surface area contributed by atoms with E-state index in [1.807, 2.05) is 36.4 Å². The van der Waals surface area contributed by atoms with Gasteiger partial charge in [0.25, 0.3) is 0 Å². The van der Waals surface area contributed by atoms with Crippen molar-refractivity contribution in [2.24, 2.45) is 5.92 Å². The Balaban J connectivity index is 2.02. The Morgan fingerprint density at radius 2 is 1.92 bits per heavy atom. The van der Waals surface area contributed by atoms with E-state index in [1.54, 1.807) is 11.0 Å². The van der Waals surface area contributed by atoms with Gasteiger partial charge in [0.15, 0.2) is 5.75 Å². The number of carboxylic acids is 1. The molecule has 0 bridgehead atoms. The number of fused-ring (bicyclic) bond motifs is 5. The Morgan fingerprint density at radius 1 is 1.17 bits per heavy atom. The highest BCUT2D eigenvalue weighted by atomic mass is 79.9. The van der Waals surface area contributed by atoms with E-state index in [9.17, 15) is 14.7 Å². The molecule has 0 spiro atoms. The van der Waals surface area contributed by atoms with Crippen LogP contribution in [0.1, 0.15) is 24.4 Å². The number of halogens is 1. The van der Waals surface area contributed by atoms with Crippen LogP contribution in [0.5, 0.6) is 11.5 Å². The maximum atomic E-state index is 12.7. The molecule has 6 heteroatoms. The number of rotatable bonds is 1. The third-order valence-corrected chi connectivity index (χ3v) is 5.20. The van der Waals surface area contributed by atoms with Crippen LogP contribution in [0.15, 0.2) is 46.9 Å². The molecule has 1 N–H and O–H groups in total. The molecular formula is C18H14BrNO4. The van der Waals surface area contributed by atoms with Crippen LogP contribution in [-0.4, -0.2) is 17.0 Å². The van der Waals surface area contributed by atoms with Crippen LogP contribution in [0.25, 0.3) is 0 Å². The van der Waals surface area contributed by atoms with Crippen LogP contribution < -0.4 is 9.64 Å². The standard InChI is InChI=1S/C18H14BrNO4/c19-12-5-3-7-14-17(12)20-15(21)9-8-11(18(22)23)16(20)10-4-1-2-6-13(10)24-14/h1-7,11,16H,8-9H2,(H,22,23)/t11-,16-/m0/s1. The Hall–Kier alpha value is -2.34. The van der Waals surface area contributed by atoms with E-state index in [0.717, 1.165) is 5.56 Å². The topological polar surface area (TPSA) is 66.8 Å². The fraction of sp³-hybridized carbons (Fsp3) is 0.222. The summed E-state index contributed by atoms with van der Waals surface area (Å²) in [6.07, 6.45) is 0.528. The minimum atomic E-state index is -0.900. The number of aliphatic carboxylic acids is 1. The number of carbonyl (C=O) groups excluding carboxylic acids is 1. The molecule has 122 valence electrons. The number of hydrogen-bond donors (Lipinski definition) is 1. The average Bonchev–Trinajstić information content (AvgIpc) is 2.71. The van der Waals surface area contributed by atoms with Crippen LogP contribution in [0.4, 0.5) is 5.69 Å². The summed E-state index contributed by atoms with van der Waals surface area (Å²) >= 11 is 3.49. The maximum absolute atomic E-state index is 12.7. The Labute approximate surface area is 147 Å². The third-order valence-electron chi connectivity index (χ3n) is 4.56. The van der Waals surface area contributed by atoms with Gasteiger partial charge in [-0.15, -0.1) is 0 Å². The van der Waals surface area contributed by atoms with E-state index in [2.05, 4.69) is 15.9 Å². The molecule has 2 aliphatic heterocycles. The van der Waals surface area contributed by atoms with E-state index in [0.29, 0.717) is 28.1 Å². The number of nitrogens with zero attached hydrogens (tertiary/aromatic N) is 1. The molecule has 0 aliphatic carbocycles. The van der Waals surface area contributed by atoms with Gasteiger partial charge in [-0.05, 0) is 40.5 Å². The van der Waals surface area contributed by atoms with Gasteiger partial charge in [0.1, 0.15) is 11.4 Å². The van der Waals surface area contributed by atoms with Crippen molar-refractivity contribution in [3.63, 3.8) is 0 Å². The minimum absolute atomic E-state index is 0.0917. The number of ether oxygens (including phenoxy) is 1. The lowest BCUT2D eigenvalue weighted by atomic mass is 9.83. The van der Waals surface area contributed by atoms with E-state index in [4.69, 9.17) is 4.74 Å². The number of amides is 1. The van der Waals surface area contributed by atoms with Gasteiger partial charge in [-0.3, -0.25) is 14.5 Å². The second kappa shape index (κ2) is 5.63. The first-order valence-electron chi connectivity index (χ1n) is 7.68. The number of anilines is 1. The van der Waals surface area contributed by atoms with Crippen molar-refractivity contribution in [3.8, 4) is 11.5 Å². The fourth-order valence-electron chi connectivity index (χ4n) is 3.52. The smallest absolute Gasteiger partial charge is 0.308 e. The highest BCUT2D eigenvalue weighted by Crippen LogP contribution is 2.51. The second-order valence-electron chi connectivity index (χ2n) is 5.92. The highest BCUT2D eigenvalue weighted by molar-refractivity contribution is 9.10. The molecule has 2 atom stereocenters.